The molecule has 1 saturated heterocycles. The second-order valence-electron chi connectivity index (χ2n) is 14.5. The lowest BCUT2D eigenvalue weighted by Crippen LogP contribution is -2.59. The maximum atomic E-state index is 13.6. The fraction of sp³-hybridized carbons (Fsp3) is 0.543. The maximum Gasteiger partial charge on any atom is 0.410 e. The van der Waals surface area contributed by atoms with Gasteiger partial charge in [-0.15, -0.1) is 0 Å². The lowest BCUT2D eigenvalue weighted by molar-refractivity contribution is -0.139. The third-order valence-corrected chi connectivity index (χ3v) is 12.2. The molecule has 0 radical (unpaired) electrons. The van der Waals surface area contributed by atoms with Gasteiger partial charge in [-0.25, -0.2) is 26.7 Å². The Morgan fingerprint density at radius 3 is 2.63 bits per heavy atom. The van der Waals surface area contributed by atoms with Crippen molar-refractivity contribution in [2.75, 3.05) is 44.3 Å². The Morgan fingerprint density at radius 2 is 1.90 bits per heavy atom. The Balaban J connectivity index is 1.27. The van der Waals surface area contributed by atoms with E-state index in [0.29, 0.717) is 36.2 Å². The van der Waals surface area contributed by atoms with E-state index in [2.05, 4.69) is 15.7 Å². The monoisotopic (exact) mass is 719 g/mol. The molecular weight excluding hydrogens is 680 g/mol. The molecule has 2 amide bonds. The van der Waals surface area contributed by atoms with Crippen LogP contribution < -0.4 is 14.4 Å². The third kappa shape index (κ3) is 6.61. The summed E-state index contributed by atoms with van der Waals surface area (Å²) in [6.45, 7) is 2.85. The van der Waals surface area contributed by atoms with E-state index in [1.54, 1.807) is 24.3 Å². The lowest BCUT2D eigenvalue weighted by atomic mass is 9.68. The number of hydrogen-bond donors (Lipinski definition) is 1. The quantitative estimate of drug-likeness (QED) is 0.387. The van der Waals surface area contributed by atoms with E-state index in [1.165, 1.54) is 19.9 Å². The van der Waals surface area contributed by atoms with Crippen molar-refractivity contribution in [2.24, 2.45) is 11.8 Å². The number of anilines is 1. The molecule has 264 valence electrons. The van der Waals surface area contributed by atoms with Gasteiger partial charge in [0.05, 0.1) is 36.9 Å². The van der Waals surface area contributed by atoms with Gasteiger partial charge in [-0.2, -0.15) is 0 Å². The fourth-order valence-electron chi connectivity index (χ4n) is 7.72. The number of carbonyl (C=O) groups excluding carboxylic acids is 2. The molecule has 1 N–H and O–H groups in total. The van der Waals surface area contributed by atoms with Crippen LogP contribution in [0.4, 0.5) is 19.3 Å². The summed E-state index contributed by atoms with van der Waals surface area (Å²) in [6, 6.07) is 10.6. The molecular formula is C35H40ClF2N3O7S. The summed E-state index contributed by atoms with van der Waals surface area (Å²) in [6.07, 6.45) is 5.98. The summed E-state index contributed by atoms with van der Waals surface area (Å²) in [7, 11) is -4.29. The number of likely N-dealkylation sites (tertiary alicyclic amines) is 1. The molecule has 7 rings (SSSR count). The van der Waals surface area contributed by atoms with Crippen LogP contribution in [0.5, 0.6) is 5.75 Å². The Hall–Kier alpha value is -3.42. The van der Waals surface area contributed by atoms with Gasteiger partial charge in [0.1, 0.15) is 17.5 Å². The first-order valence-corrected chi connectivity index (χ1v) is 18.5. The van der Waals surface area contributed by atoms with Crippen molar-refractivity contribution in [2.45, 2.75) is 73.9 Å². The molecule has 3 aliphatic heterocycles. The molecule has 2 aromatic carbocycles. The summed E-state index contributed by atoms with van der Waals surface area (Å²) < 4.78 is 74.7. The number of ether oxygens (including phenoxy) is 3. The van der Waals surface area contributed by atoms with Gasteiger partial charge in [0.15, 0.2) is 0 Å². The lowest BCUT2D eigenvalue weighted by Gasteiger charge is -2.46. The summed E-state index contributed by atoms with van der Waals surface area (Å²) in [5.41, 5.74) is 0.937. The van der Waals surface area contributed by atoms with Gasteiger partial charge in [-0.1, -0.05) is 23.7 Å². The van der Waals surface area contributed by atoms with E-state index in [0.717, 1.165) is 48.1 Å². The van der Waals surface area contributed by atoms with Gasteiger partial charge < -0.3 is 19.1 Å². The van der Waals surface area contributed by atoms with Gasteiger partial charge >= 0.3 is 6.09 Å². The number of hydrogen-bond acceptors (Lipinski definition) is 8. The number of alkyl halides is 2. The number of benzene rings is 2. The Kier molecular flexibility index (Phi) is 8.63. The van der Waals surface area contributed by atoms with Crippen LogP contribution in [-0.4, -0.2) is 82.3 Å². The van der Waals surface area contributed by atoms with Crippen molar-refractivity contribution in [3.05, 3.63) is 64.7 Å². The van der Waals surface area contributed by atoms with Gasteiger partial charge in [-0.05, 0) is 99.4 Å². The van der Waals surface area contributed by atoms with Crippen LogP contribution in [0.15, 0.2) is 53.4 Å². The van der Waals surface area contributed by atoms with Gasteiger partial charge in [0, 0.05) is 29.4 Å². The molecule has 14 heteroatoms. The SMILES string of the molecule is CC1(C)OC/C=C/[C@H](OC(=O)N2CC(F)(F)C2)[C@@H]2CC[C@H]2CN2C[C@@]3(CCCc4cc(Cl)ccc43)COc3ccc(cc32)S(=O)(=O)NC1=O. The molecule has 2 fully saturated rings. The Labute approximate surface area is 289 Å². The largest absolute Gasteiger partial charge is 0.490 e. The highest BCUT2D eigenvalue weighted by Crippen LogP contribution is 2.47. The van der Waals surface area contributed by atoms with Crippen molar-refractivity contribution in [3.8, 4) is 5.75 Å². The van der Waals surface area contributed by atoms with E-state index >= 15 is 0 Å². The number of fused-ring (bicyclic) bond motifs is 4. The molecule has 0 unspecified atom stereocenters. The zero-order valence-corrected chi connectivity index (χ0v) is 29.0. The third-order valence-electron chi connectivity index (χ3n) is 10.7. The second kappa shape index (κ2) is 12.4. The summed E-state index contributed by atoms with van der Waals surface area (Å²) in [4.78, 5) is 29.2. The van der Waals surface area contributed by atoms with Gasteiger partial charge in [0.25, 0.3) is 21.9 Å². The van der Waals surface area contributed by atoms with Gasteiger partial charge in [-0.3, -0.25) is 9.69 Å². The zero-order valence-electron chi connectivity index (χ0n) is 27.4. The normalized spacial score (nSPS) is 30.6. The highest BCUT2D eigenvalue weighted by atomic mass is 35.5. The second-order valence-corrected chi connectivity index (χ2v) is 16.6. The van der Waals surface area contributed by atoms with Crippen LogP contribution in [0.2, 0.25) is 5.02 Å². The Bertz CT molecular complexity index is 1800. The predicted octanol–water partition coefficient (Wildman–Crippen LogP) is 5.47. The van der Waals surface area contributed by atoms with Gasteiger partial charge in [0.2, 0.25) is 0 Å². The molecule has 5 aliphatic rings. The zero-order chi connectivity index (χ0) is 34.8. The molecule has 1 spiro atoms. The average Bonchev–Trinajstić information content (AvgIpc) is 3.16. The predicted molar refractivity (Wildman–Crippen MR) is 178 cm³/mol. The molecule has 2 aliphatic carbocycles. The van der Waals surface area contributed by atoms with Crippen LogP contribution in [-0.2, 0) is 36.1 Å². The number of amides is 2. The molecule has 2 aromatic rings. The summed E-state index contributed by atoms with van der Waals surface area (Å²) in [5, 5.41) is 0.664. The molecule has 4 atom stereocenters. The highest BCUT2D eigenvalue weighted by molar-refractivity contribution is 7.90. The van der Waals surface area contributed by atoms with Crippen molar-refractivity contribution < 1.29 is 41.0 Å². The van der Waals surface area contributed by atoms with E-state index in [1.807, 2.05) is 12.1 Å². The van der Waals surface area contributed by atoms with E-state index in [9.17, 15) is 26.8 Å². The topological polar surface area (TPSA) is 114 Å². The number of sulfonamides is 1. The summed E-state index contributed by atoms with van der Waals surface area (Å²) >= 11 is 6.40. The molecule has 1 saturated carbocycles. The van der Waals surface area contributed by atoms with E-state index < -0.39 is 58.2 Å². The fourth-order valence-corrected chi connectivity index (χ4v) is 9.03. The van der Waals surface area contributed by atoms with Crippen LogP contribution in [0.1, 0.15) is 50.7 Å². The molecule has 3 heterocycles. The standard InChI is InChI=1S/C35H40ClF2N3O7S/c1-33(2)31(42)39-49(44,45)25-9-12-30-28(16-25)40(18-34(21-46-30)13-3-5-22-15-24(36)8-11-27(22)34)17-23-7-10-26(23)29(6-4-14-47-33)48-32(43)41-19-35(37,38)20-41/h4,6,8-9,11-12,15-16,23,26,29H,3,5,7,10,13-14,17-21H2,1-2H3,(H,39,42)/b6-4+/t23-,26+,29-,34-/m0/s1. The minimum Gasteiger partial charge on any atom is -0.490 e. The van der Waals surface area contributed by atoms with Crippen LogP contribution >= 0.6 is 11.6 Å². The molecule has 0 aromatic heterocycles. The smallest absolute Gasteiger partial charge is 0.410 e. The van der Waals surface area contributed by atoms with Crippen LogP contribution in [0.3, 0.4) is 0 Å². The van der Waals surface area contributed by atoms with Crippen molar-refractivity contribution in [1.82, 2.24) is 9.62 Å². The minimum atomic E-state index is -4.29. The van der Waals surface area contributed by atoms with Crippen molar-refractivity contribution in [3.63, 3.8) is 0 Å². The first kappa shape index (κ1) is 34.0. The first-order chi connectivity index (χ1) is 23.1. The van der Waals surface area contributed by atoms with E-state index in [-0.39, 0.29) is 23.3 Å². The first-order valence-electron chi connectivity index (χ1n) is 16.7. The number of nitrogens with one attached hydrogen (secondary N) is 1. The number of nitrogens with zero attached hydrogens (tertiary/aromatic N) is 2. The number of rotatable bonds is 1. The number of carbonyl (C=O) groups is 2. The van der Waals surface area contributed by atoms with Crippen LogP contribution in [0.25, 0.3) is 0 Å². The maximum absolute atomic E-state index is 13.6. The minimum absolute atomic E-state index is 0.0155. The Morgan fingerprint density at radius 1 is 1.10 bits per heavy atom. The number of aryl methyl sites for hydroxylation is 1. The molecule has 10 nitrogen and oxygen atoms in total. The van der Waals surface area contributed by atoms with Crippen molar-refractivity contribution >= 4 is 39.3 Å². The number of halogens is 3. The van der Waals surface area contributed by atoms with Crippen LogP contribution in [0, 0.1) is 11.8 Å². The van der Waals surface area contributed by atoms with Crippen molar-refractivity contribution in [1.29, 1.82) is 0 Å². The molecule has 2 bridgehead atoms. The van der Waals surface area contributed by atoms with E-state index in [4.69, 9.17) is 25.8 Å². The average molecular weight is 720 g/mol. The highest BCUT2D eigenvalue weighted by Gasteiger charge is 2.49. The summed E-state index contributed by atoms with van der Waals surface area (Å²) in [5.74, 6) is -3.39. The molecule has 49 heavy (non-hydrogen) atoms.